The smallest absolute Gasteiger partial charge is 0.262 e. The number of aryl methyl sites for hydroxylation is 1. The highest BCUT2D eigenvalue weighted by Crippen LogP contribution is 2.32. The van der Waals surface area contributed by atoms with Crippen LogP contribution in [-0.4, -0.2) is 50.4 Å². The van der Waals surface area contributed by atoms with Gasteiger partial charge in [0.1, 0.15) is 12.2 Å². The summed E-state index contributed by atoms with van der Waals surface area (Å²) in [5.41, 5.74) is 6.13. The summed E-state index contributed by atoms with van der Waals surface area (Å²) < 4.78 is 11.9. The van der Waals surface area contributed by atoms with Gasteiger partial charge in [0.2, 0.25) is 5.95 Å². The topological polar surface area (TPSA) is 136 Å². The highest BCUT2D eigenvalue weighted by molar-refractivity contribution is 5.80. The fourth-order valence-corrected chi connectivity index (χ4v) is 2.60. The molecule has 0 bridgehead atoms. The number of aliphatic hydroxyl groups is 2. The molecule has 0 aromatic carbocycles. The van der Waals surface area contributed by atoms with E-state index < -0.39 is 24.7 Å². The summed E-state index contributed by atoms with van der Waals surface area (Å²) in [5, 5.41) is 20.3. The number of rotatable bonds is 2. The van der Waals surface area contributed by atoms with Crippen LogP contribution in [0.3, 0.4) is 0 Å². The van der Waals surface area contributed by atoms with Gasteiger partial charge in [0.15, 0.2) is 18.2 Å². The summed E-state index contributed by atoms with van der Waals surface area (Å²) in [5.74, 6) is -0.0387. The Bertz CT molecular complexity index is 739. The van der Waals surface area contributed by atoms with Crippen LogP contribution >= 0.6 is 0 Å². The number of nitrogens with two attached hydrogens (primary N) is 1. The number of anilines is 1. The zero-order valence-electron chi connectivity index (χ0n) is 11.5. The summed E-state index contributed by atoms with van der Waals surface area (Å²) in [6, 6.07) is 0. The Hall–Kier alpha value is -1.94. The molecule has 0 spiro atoms. The maximum absolute atomic E-state index is 11.9. The lowest BCUT2D eigenvalue weighted by molar-refractivity contribution is -0.160. The molecular weight excluding hydrogens is 280 g/mol. The number of H-pyrrole nitrogens is 1. The summed E-state index contributed by atoms with van der Waals surface area (Å²) in [4.78, 5) is 18.5. The lowest BCUT2D eigenvalue weighted by Crippen LogP contribution is -2.32. The van der Waals surface area contributed by atoms with E-state index >= 15 is 0 Å². The molecule has 2 aromatic rings. The maximum Gasteiger partial charge on any atom is 0.262 e. The number of aromatic nitrogens is 3. The predicted molar refractivity (Wildman–Crippen MR) is 72.4 cm³/mol. The number of nitrogen functional groups attached to an aromatic ring is 1. The molecule has 2 unspecified atom stereocenters. The number of hydrogen-bond donors (Lipinski definition) is 4. The number of ether oxygens (including phenoxy) is 2. The molecule has 1 saturated heterocycles. The van der Waals surface area contributed by atoms with E-state index in [0.29, 0.717) is 10.9 Å². The zero-order valence-corrected chi connectivity index (χ0v) is 11.5. The molecule has 1 fully saturated rings. The third kappa shape index (κ3) is 2.02. The van der Waals surface area contributed by atoms with Gasteiger partial charge in [0.25, 0.3) is 5.56 Å². The van der Waals surface area contributed by atoms with Crippen LogP contribution in [-0.2, 0) is 9.47 Å². The minimum Gasteiger partial charge on any atom is -0.385 e. The van der Waals surface area contributed by atoms with Crippen molar-refractivity contribution in [3.8, 4) is 0 Å². The summed E-state index contributed by atoms with van der Waals surface area (Å²) >= 11 is 0. The van der Waals surface area contributed by atoms with Crippen LogP contribution in [0.25, 0.3) is 11.0 Å². The fraction of sp³-hybridized carbons (Fsp3) is 0.500. The van der Waals surface area contributed by atoms with Crippen LogP contribution in [0.5, 0.6) is 0 Å². The second kappa shape index (κ2) is 4.81. The van der Waals surface area contributed by atoms with Gasteiger partial charge in [-0.2, -0.15) is 4.98 Å². The molecule has 5 N–H and O–H groups in total. The largest absolute Gasteiger partial charge is 0.385 e. The van der Waals surface area contributed by atoms with Crippen molar-refractivity contribution in [1.29, 1.82) is 0 Å². The molecular formula is C12H16N4O5. The van der Waals surface area contributed by atoms with Crippen molar-refractivity contribution >= 4 is 17.0 Å². The van der Waals surface area contributed by atoms with E-state index in [-0.39, 0.29) is 17.2 Å². The Morgan fingerprint density at radius 2 is 2.19 bits per heavy atom. The van der Waals surface area contributed by atoms with Crippen LogP contribution in [0.15, 0.2) is 11.0 Å². The Morgan fingerprint density at radius 1 is 1.48 bits per heavy atom. The van der Waals surface area contributed by atoms with Crippen molar-refractivity contribution in [3.63, 3.8) is 0 Å². The number of aromatic amines is 1. The zero-order chi connectivity index (χ0) is 15.3. The summed E-state index contributed by atoms with van der Waals surface area (Å²) in [6.45, 7) is 1.73. The molecule has 0 saturated carbocycles. The van der Waals surface area contributed by atoms with Gasteiger partial charge >= 0.3 is 0 Å². The standard InChI is InChI=1S/C12H16N4O5/c1-4-3-16(8-5(4)9(19)15-12(13)14-8)10-6(17)7(18)11(20-2)21-10/h3,6-7,10-11,17-18H,1-2H3,(H3,13,14,15,19)/t6?,7?,10-,11+/m1/s1. The molecule has 0 radical (unpaired) electrons. The number of methoxy groups -OCH3 is 1. The SMILES string of the molecule is CO[C@H]1O[C@@H](n2cc(C)c3c(=O)[nH]c(N)nc32)C(O)C1O. The van der Waals surface area contributed by atoms with E-state index in [9.17, 15) is 15.0 Å². The quantitative estimate of drug-likeness (QED) is 0.548. The van der Waals surface area contributed by atoms with Gasteiger partial charge in [-0.15, -0.1) is 0 Å². The van der Waals surface area contributed by atoms with Crippen molar-refractivity contribution in [2.45, 2.75) is 31.6 Å². The van der Waals surface area contributed by atoms with Crippen molar-refractivity contribution in [2.75, 3.05) is 12.8 Å². The number of hydrogen-bond acceptors (Lipinski definition) is 7. The Morgan fingerprint density at radius 3 is 2.81 bits per heavy atom. The average molecular weight is 296 g/mol. The lowest BCUT2D eigenvalue weighted by Gasteiger charge is -2.16. The first kappa shape index (κ1) is 14.0. The monoisotopic (exact) mass is 296 g/mol. The van der Waals surface area contributed by atoms with E-state index in [4.69, 9.17) is 15.2 Å². The highest BCUT2D eigenvalue weighted by atomic mass is 16.7. The van der Waals surface area contributed by atoms with E-state index in [2.05, 4.69) is 9.97 Å². The van der Waals surface area contributed by atoms with Gasteiger partial charge in [0, 0.05) is 13.3 Å². The Kier molecular flexibility index (Phi) is 3.21. The maximum atomic E-state index is 11.9. The molecule has 21 heavy (non-hydrogen) atoms. The molecule has 9 heteroatoms. The molecule has 3 heterocycles. The van der Waals surface area contributed by atoms with Crippen molar-refractivity contribution in [3.05, 3.63) is 22.1 Å². The van der Waals surface area contributed by atoms with E-state index in [1.807, 2.05) is 0 Å². The molecule has 4 atom stereocenters. The minimum atomic E-state index is -1.22. The second-order valence-electron chi connectivity index (χ2n) is 4.98. The first-order chi connectivity index (χ1) is 9.93. The summed E-state index contributed by atoms with van der Waals surface area (Å²) in [7, 11) is 1.36. The second-order valence-corrected chi connectivity index (χ2v) is 4.98. The first-order valence-electron chi connectivity index (χ1n) is 6.35. The van der Waals surface area contributed by atoms with Gasteiger partial charge in [-0.05, 0) is 12.5 Å². The molecule has 9 nitrogen and oxygen atoms in total. The van der Waals surface area contributed by atoms with Crippen molar-refractivity contribution < 1.29 is 19.7 Å². The highest BCUT2D eigenvalue weighted by Gasteiger charge is 2.44. The number of nitrogens with zero attached hydrogens (tertiary/aromatic N) is 2. The van der Waals surface area contributed by atoms with Crippen LogP contribution in [0.2, 0.25) is 0 Å². The molecule has 1 aliphatic rings. The molecule has 3 rings (SSSR count). The minimum absolute atomic E-state index is 0.0387. The lowest BCUT2D eigenvalue weighted by atomic mass is 10.2. The first-order valence-corrected chi connectivity index (χ1v) is 6.35. The van der Waals surface area contributed by atoms with Gasteiger partial charge < -0.3 is 30.0 Å². The van der Waals surface area contributed by atoms with Gasteiger partial charge in [-0.3, -0.25) is 9.78 Å². The number of nitrogens with one attached hydrogen (secondary N) is 1. The third-order valence-corrected chi connectivity index (χ3v) is 3.59. The van der Waals surface area contributed by atoms with Gasteiger partial charge in [0.05, 0.1) is 5.39 Å². The number of aliphatic hydroxyl groups excluding tert-OH is 2. The van der Waals surface area contributed by atoms with E-state index in [0.717, 1.165) is 0 Å². The average Bonchev–Trinajstić information content (AvgIpc) is 2.89. The summed E-state index contributed by atoms with van der Waals surface area (Å²) in [6.07, 6.45) is -2.67. The number of fused-ring (bicyclic) bond motifs is 1. The third-order valence-electron chi connectivity index (χ3n) is 3.59. The van der Waals surface area contributed by atoms with Crippen molar-refractivity contribution in [1.82, 2.24) is 14.5 Å². The molecule has 0 amide bonds. The van der Waals surface area contributed by atoms with Crippen LogP contribution in [0.4, 0.5) is 5.95 Å². The predicted octanol–water partition coefficient (Wildman–Crippen LogP) is -1.16. The molecule has 1 aliphatic heterocycles. The van der Waals surface area contributed by atoms with Crippen LogP contribution < -0.4 is 11.3 Å². The molecule has 2 aromatic heterocycles. The Labute approximate surface area is 118 Å². The van der Waals surface area contributed by atoms with E-state index in [1.165, 1.54) is 11.7 Å². The van der Waals surface area contributed by atoms with Crippen LogP contribution in [0, 0.1) is 6.92 Å². The molecule has 0 aliphatic carbocycles. The van der Waals surface area contributed by atoms with Gasteiger partial charge in [-0.1, -0.05) is 0 Å². The normalized spacial score (nSPS) is 29.3. The van der Waals surface area contributed by atoms with Crippen molar-refractivity contribution in [2.24, 2.45) is 0 Å². The molecule has 114 valence electrons. The fourth-order valence-electron chi connectivity index (χ4n) is 2.60. The van der Waals surface area contributed by atoms with Gasteiger partial charge in [-0.25, -0.2) is 0 Å². The van der Waals surface area contributed by atoms with E-state index in [1.54, 1.807) is 13.1 Å². The van der Waals surface area contributed by atoms with Crippen LogP contribution in [0.1, 0.15) is 11.8 Å². The Balaban J connectivity index is 2.16.